The van der Waals surface area contributed by atoms with Crippen LogP contribution < -0.4 is 9.46 Å². The third kappa shape index (κ3) is 4.35. The Labute approximate surface area is 118 Å². The fraction of sp³-hybridized carbons (Fsp3) is 0.500. The Morgan fingerprint density at radius 1 is 1.47 bits per heavy atom. The maximum atomic E-state index is 12.3. The maximum Gasteiger partial charge on any atom is 0.244 e. The van der Waals surface area contributed by atoms with Gasteiger partial charge in [0.25, 0.3) is 0 Å². The molecule has 1 unspecified atom stereocenters. The summed E-state index contributed by atoms with van der Waals surface area (Å²) < 4.78 is 32.1. The van der Waals surface area contributed by atoms with Gasteiger partial charge in [-0.3, -0.25) is 0 Å². The molecular formula is C12H18ClNO4S. The Balaban J connectivity index is 3.06. The third-order valence-electron chi connectivity index (χ3n) is 2.71. The molecule has 19 heavy (non-hydrogen) atoms. The Bertz CT molecular complexity index is 518. The van der Waals surface area contributed by atoms with E-state index in [-0.39, 0.29) is 23.3 Å². The fourth-order valence-corrected chi connectivity index (χ4v) is 3.32. The van der Waals surface area contributed by atoms with E-state index in [1.165, 1.54) is 25.3 Å². The van der Waals surface area contributed by atoms with Crippen LogP contribution in [0.1, 0.15) is 19.8 Å². The predicted molar refractivity (Wildman–Crippen MR) is 74.1 cm³/mol. The zero-order valence-corrected chi connectivity index (χ0v) is 12.5. The van der Waals surface area contributed by atoms with Crippen molar-refractivity contribution >= 4 is 21.6 Å². The summed E-state index contributed by atoms with van der Waals surface area (Å²) in [6, 6.07) is 4.03. The second-order valence-electron chi connectivity index (χ2n) is 4.03. The third-order valence-corrected chi connectivity index (χ3v) is 4.50. The van der Waals surface area contributed by atoms with E-state index in [4.69, 9.17) is 21.4 Å². The first-order valence-electron chi connectivity index (χ1n) is 5.91. The van der Waals surface area contributed by atoms with Gasteiger partial charge in [-0.05, 0) is 25.0 Å². The summed E-state index contributed by atoms with van der Waals surface area (Å²) in [4.78, 5) is 0.0378. The normalized spacial score (nSPS) is 13.3. The summed E-state index contributed by atoms with van der Waals surface area (Å²) >= 11 is 5.80. The van der Waals surface area contributed by atoms with Gasteiger partial charge >= 0.3 is 0 Å². The summed E-state index contributed by atoms with van der Waals surface area (Å²) in [5.74, 6) is 0.193. The van der Waals surface area contributed by atoms with E-state index in [0.717, 1.165) is 0 Å². The van der Waals surface area contributed by atoms with Crippen LogP contribution in [0.5, 0.6) is 5.75 Å². The van der Waals surface area contributed by atoms with Crippen molar-refractivity contribution in [3.8, 4) is 5.75 Å². The number of benzene rings is 1. The van der Waals surface area contributed by atoms with Gasteiger partial charge in [-0.1, -0.05) is 18.5 Å². The number of nitrogens with one attached hydrogen (secondary N) is 1. The number of ether oxygens (including phenoxy) is 1. The van der Waals surface area contributed by atoms with Gasteiger partial charge < -0.3 is 9.84 Å². The molecule has 0 aromatic heterocycles. The molecule has 0 fully saturated rings. The monoisotopic (exact) mass is 307 g/mol. The number of hydrogen-bond donors (Lipinski definition) is 2. The zero-order chi connectivity index (χ0) is 14.5. The molecule has 1 aromatic rings. The SMILES string of the molecule is CCC(CCO)NS(=O)(=O)c1ccc(Cl)cc1OC. The van der Waals surface area contributed by atoms with Gasteiger partial charge in [-0.2, -0.15) is 0 Å². The first kappa shape index (κ1) is 16.2. The van der Waals surface area contributed by atoms with Gasteiger partial charge in [-0.15, -0.1) is 0 Å². The van der Waals surface area contributed by atoms with Crippen LogP contribution in [-0.4, -0.2) is 33.3 Å². The number of hydrogen-bond acceptors (Lipinski definition) is 4. The van der Waals surface area contributed by atoms with Crippen molar-refractivity contribution in [1.29, 1.82) is 0 Å². The molecule has 0 saturated carbocycles. The molecular weight excluding hydrogens is 290 g/mol. The van der Waals surface area contributed by atoms with Crippen molar-refractivity contribution < 1.29 is 18.3 Å². The van der Waals surface area contributed by atoms with E-state index >= 15 is 0 Å². The van der Waals surface area contributed by atoms with Crippen LogP contribution in [-0.2, 0) is 10.0 Å². The first-order valence-corrected chi connectivity index (χ1v) is 7.77. The van der Waals surface area contributed by atoms with Crippen LogP contribution in [0, 0.1) is 0 Å². The summed E-state index contributed by atoms with van der Waals surface area (Å²) in [6.45, 7) is 1.78. The summed E-state index contributed by atoms with van der Waals surface area (Å²) in [5.41, 5.74) is 0. The molecule has 0 radical (unpaired) electrons. The molecule has 0 aliphatic heterocycles. The molecule has 1 rings (SSSR count). The van der Waals surface area contributed by atoms with E-state index in [0.29, 0.717) is 17.9 Å². The average Bonchev–Trinajstić information content (AvgIpc) is 2.37. The van der Waals surface area contributed by atoms with Gasteiger partial charge in [-0.25, -0.2) is 13.1 Å². The molecule has 0 bridgehead atoms. The highest BCUT2D eigenvalue weighted by atomic mass is 35.5. The highest BCUT2D eigenvalue weighted by Crippen LogP contribution is 2.27. The molecule has 2 N–H and O–H groups in total. The first-order chi connectivity index (χ1) is 8.94. The number of methoxy groups -OCH3 is 1. The molecule has 1 atom stereocenters. The van der Waals surface area contributed by atoms with Crippen LogP contribution in [0.2, 0.25) is 5.02 Å². The fourth-order valence-electron chi connectivity index (χ4n) is 1.65. The standard InChI is InChI=1S/C12H18ClNO4S/c1-3-10(6-7-15)14-19(16,17)12-5-4-9(13)8-11(12)18-2/h4-5,8,10,14-15H,3,6-7H2,1-2H3. The van der Waals surface area contributed by atoms with E-state index in [1.54, 1.807) is 0 Å². The second-order valence-corrected chi connectivity index (χ2v) is 6.15. The van der Waals surface area contributed by atoms with Crippen molar-refractivity contribution in [3.05, 3.63) is 23.2 Å². The van der Waals surface area contributed by atoms with Crippen molar-refractivity contribution in [1.82, 2.24) is 4.72 Å². The van der Waals surface area contributed by atoms with E-state index in [1.807, 2.05) is 6.92 Å². The van der Waals surface area contributed by atoms with Crippen LogP contribution in [0.25, 0.3) is 0 Å². The van der Waals surface area contributed by atoms with Crippen molar-refractivity contribution in [3.63, 3.8) is 0 Å². The van der Waals surface area contributed by atoms with Crippen molar-refractivity contribution in [2.45, 2.75) is 30.7 Å². The highest BCUT2D eigenvalue weighted by Gasteiger charge is 2.22. The second kappa shape index (κ2) is 7.09. The summed E-state index contributed by atoms with van der Waals surface area (Å²) in [6.07, 6.45) is 0.960. The Kier molecular flexibility index (Phi) is 6.06. The van der Waals surface area contributed by atoms with Gasteiger partial charge in [0.1, 0.15) is 10.6 Å². The number of halogens is 1. The van der Waals surface area contributed by atoms with Crippen molar-refractivity contribution in [2.75, 3.05) is 13.7 Å². The number of sulfonamides is 1. The summed E-state index contributed by atoms with van der Waals surface area (Å²) in [7, 11) is -2.31. The maximum absolute atomic E-state index is 12.3. The minimum absolute atomic E-state index is 0.0378. The van der Waals surface area contributed by atoms with Gasteiger partial charge in [0, 0.05) is 23.7 Å². The Morgan fingerprint density at radius 3 is 2.68 bits per heavy atom. The van der Waals surface area contributed by atoms with Gasteiger partial charge in [0.2, 0.25) is 10.0 Å². The quantitative estimate of drug-likeness (QED) is 0.805. The molecule has 0 saturated heterocycles. The Hall–Kier alpha value is -0.820. The summed E-state index contributed by atoms with van der Waals surface area (Å²) in [5, 5.41) is 9.30. The molecule has 0 heterocycles. The molecule has 5 nitrogen and oxygen atoms in total. The van der Waals surface area contributed by atoms with Crippen LogP contribution in [0.4, 0.5) is 0 Å². The lowest BCUT2D eigenvalue weighted by atomic mass is 10.2. The van der Waals surface area contributed by atoms with E-state index in [2.05, 4.69) is 4.72 Å². The number of aliphatic hydroxyl groups excluding tert-OH is 1. The predicted octanol–water partition coefficient (Wildman–Crippen LogP) is 1.79. The zero-order valence-electron chi connectivity index (χ0n) is 10.9. The number of rotatable bonds is 7. The molecule has 0 aliphatic carbocycles. The van der Waals surface area contributed by atoms with E-state index in [9.17, 15) is 8.42 Å². The minimum Gasteiger partial charge on any atom is -0.495 e. The molecule has 1 aromatic carbocycles. The topological polar surface area (TPSA) is 75.6 Å². The molecule has 0 amide bonds. The molecule has 7 heteroatoms. The van der Waals surface area contributed by atoms with E-state index < -0.39 is 10.0 Å². The lowest BCUT2D eigenvalue weighted by Gasteiger charge is -2.17. The lowest BCUT2D eigenvalue weighted by molar-refractivity contribution is 0.270. The minimum atomic E-state index is -3.70. The highest BCUT2D eigenvalue weighted by molar-refractivity contribution is 7.89. The lowest BCUT2D eigenvalue weighted by Crippen LogP contribution is -2.35. The van der Waals surface area contributed by atoms with Crippen LogP contribution in [0.3, 0.4) is 0 Å². The molecule has 108 valence electrons. The molecule has 0 spiro atoms. The average molecular weight is 308 g/mol. The smallest absolute Gasteiger partial charge is 0.244 e. The van der Waals surface area contributed by atoms with Crippen LogP contribution >= 0.6 is 11.6 Å². The van der Waals surface area contributed by atoms with Crippen LogP contribution in [0.15, 0.2) is 23.1 Å². The molecule has 0 aliphatic rings. The van der Waals surface area contributed by atoms with Crippen molar-refractivity contribution in [2.24, 2.45) is 0 Å². The van der Waals surface area contributed by atoms with Gasteiger partial charge in [0.15, 0.2) is 0 Å². The van der Waals surface area contributed by atoms with Gasteiger partial charge in [0.05, 0.1) is 7.11 Å². The largest absolute Gasteiger partial charge is 0.495 e. The number of aliphatic hydroxyl groups is 1. The Morgan fingerprint density at radius 2 is 2.16 bits per heavy atom.